The first kappa shape index (κ1) is 36.1. The zero-order valence-corrected chi connectivity index (χ0v) is 29.6. The van der Waals surface area contributed by atoms with Gasteiger partial charge in [-0.15, -0.1) is 11.3 Å². The van der Waals surface area contributed by atoms with Gasteiger partial charge in [0.05, 0.1) is 30.3 Å². The highest BCUT2D eigenvalue weighted by molar-refractivity contribution is 7.09. The lowest BCUT2D eigenvalue weighted by Gasteiger charge is -2.25. The predicted molar refractivity (Wildman–Crippen MR) is 197 cm³/mol. The lowest BCUT2D eigenvalue weighted by molar-refractivity contribution is 0.0784. The second-order valence-corrected chi connectivity index (χ2v) is 13.7. The summed E-state index contributed by atoms with van der Waals surface area (Å²) >= 11 is 1.48. The van der Waals surface area contributed by atoms with Gasteiger partial charge in [-0.2, -0.15) is 5.26 Å². The average molecular weight is 687 g/mol. The molecule has 0 aliphatic rings. The molecule has 0 spiro atoms. The molecule has 0 unspecified atom stereocenters. The molecule has 256 valence electrons. The number of amides is 2. The molecule has 50 heavy (non-hydrogen) atoms. The fourth-order valence-corrected chi connectivity index (χ4v) is 6.49. The van der Waals surface area contributed by atoms with E-state index in [1.54, 1.807) is 54.5 Å². The van der Waals surface area contributed by atoms with Crippen molar-refractivity contribution in [3.8, 4) is 17.2 Å². The lowest BCUT2D eigenvalue weighted by Crippen LogP contribution is -2.48. The number of benzene rings is 3. The zero-order valence-electron chi connectivity index (χ0n) is 28.8. The van der Waals surface area contributed by atoms with E-state index in [1.165, 1.54) is 11.3 Å². The average Bonchev–Trinajstić information content (AvgIpc) is 3.54. The molecule has 10 heteroatoms. The van der Waals surface area contributed by atoms with Crippen LogP contribution in [0.3, 0.4) is 0 Å². The normalized spacial score (nSPS) is 12.3. The number of hydrogen-bond acceptors (Lipinski definition) is 8. The van der Waals surface area contributed by atoms with Crippen LogP contribution >= 0.6 is 11.3 Å². The van der Waals surface area contributed by atoms with E-state index in [2.05, 4.69) is 46.6 Å². The predicted octanol–water partition coefficient (Wildman–Crippen LogP) is 6.27. The van der Waals surface area contributed by atoms with Gasteiger partial charge in [0, 0.05) is 54.7 Å². The third-order valence-corrected chi connectivity index (χ3v) is 9.38. The number of aromatic nitrogens is 2. The maximum absolute atomic E-state index is 14.1. The second kappa shape index (κ2) is 16.9. The zero-order chi connectivity index (χ0) is 35.6. The molecule has 2 aromatic heterocycles. The van der Waals surface area contributed by atoms with Crippen LogP contribution < -0.4 is 10.6 Å². The first-order valence-corrected chi connectivity index (χ1v) is 17.5. The highest BCUT2D eigenvalue weighted by atomic mass is 32.1. The van der Waals surface area contributed by atoms with E-state index in [9.17, 15) is 20.0 Å². The van der Waals surface area contributed by atoms with Crippen molar-refractivity contribution >= 4 is 23.2 Å². The summed E-state index contributed by atoms with van der Waals surface area (Å²) in [5, 5.41) is 30.4. The van der Waals surface area contributed by atoms with Gasteiger partial charge in [-0.1, -0.05) is 68.4 Å². The van der Waals surface area contributed by atoms with Crippen LogP contribution in [0, 0.1) is 18.3 Å². The molecule has 9 nitrogen and oxygen atoms in total. The molecule has 2 atom stereocenters. The van der Waals surface area contributed by atoms with Crippen LogP contribution in [0.15, 0.2) is 96.6 Å². The van der Waals surface area contributed by atoms with E-state index in [4.69, 9.17) is 0 Å². The minimum atomic E-state index is -0.933. The van der Waals surface area contributed by atoms with Gasteiger partial charge in [-0.25, -0.2) is 4.98 Å². The van der Waals surface area contributed by atoms with Crippen molar-refractivity contribution in [3.63, 3.8) is 0 Å². The molecular formula is C40H42N6O3S. The first-order valence-electron chi connectivity index (χ1n) is 16.6. The summed E-state index contributed by atoms with van der Waals surface area (Å²) in [5.74, 6) is -0.379. The van der Waals surface area contributed by atoms with E-state index in [0.29, 0.717) is 47.7 Å². The summed E-state index contributed by atoms with van der Waals surface area (Å²) in [4.78, 5) is 38.3. The molecule has 2 amide bonds. The van der Waals surface area contributed by atoms with Gasteiger partial charge < -0.3 is 20.6 Å². The molecule has 3 N–H and O–H groups in total. The van der Waals surface area contributed by atoms with Crippen molar-refractivity contribution in [1.82, 2.24) is 25.5 Å². The molecule has 0 aliphatic heterocycles. The van der Waals surface area contributed by atoms with Crippen LogP contribution in [0.1, 0.15) is 73.4 Å². The molecule has 0 aliphatic carbocycles. The summed E-state index contributed by atoms with van der Waals surface area (Å²) in [5.41, 5.74) is 6.13. The van der Waals surface area contributed by atoms with Gasteiger partial charge >= 0.3 is 0 Å². The molecule has 0 fully saturated rings. The van der Waals surface area contributed by atoms with Gasteiger partial charge in [0.1, 0.15) is 5.01 Å². The van der Waals surface area contributed by atoms with Gasteiger partial charge in [0.15, 0.2) is 0 Å². The Kier molecular flexibility index (Phi) is 12.2. The Hall–Kier alpha value is -5.21. The van der Waals surface area contributed by atoms with Gasteiger partial charge in [0.2, 0.25) is 0 Å². The largest absolute Gasteiger partial charge is 0.390 e. The van der Waals surface area contributed by atoms with E-state index >= 15 is 0 Å². The van der Waals surface area contributed by atoms with Crippen molar-refractivity contribution in [1.29, 1.82) is 5.26 Å². The van der Waals surface area contributed by atoms with Crippen LogP contribution in [-0.2, 0) is 19.5 Å². The van der Waals surface area contributed by atoms with Crippen LogP contribution in [0.5, 0.6) is 0 Å². The van der Waals surface area contributed by atoms with Crippen molar-refractivity contribution in [2.45, 2.75) is 58.3 Å². The molecule has 2 heterocycles. The Balaban J connectivity index is 1.41. The molecule has 0 bridgehead atoms. The fraction of sp³-hybridized carbons (Fsp3) is 0.275. The number of aliphatic hydroxyl groups is 1. The van der Waals surface area contributed by atoms with Crippen LogP contribution in [0.2, 0.25) is 0 Å². The molecule has 3 aromatic carbocycles. The molecular weight excluding hydrogens is 645 g/mol. The summed E-state index contributed by atoms with van der Waals surface area (Å²) < 4.78 is 0. The number of pyridine rings is 1. The van der Waals surface area contributed by atoms with E-state index in [0.717, 1.165) is 27.4 Å². The number of hydrogen-bond donors (Lipinski definition) is 3. The number of nitriles is 1. The van der Waals surface area contributed by atoms with Gasteiger partial charge in [-0.05, 0) is 71.3 Å². The van der Waals surface area contributed by atoms with E-state index in [-0.39, 0.29) is 18.0 Å². The van der Waals surface area contributed by atoms with Crippen molar-refractivity contribution in [3.05, 3.63) is 141 Å². The molecule has 5 rings (SSSR count). The molecule has 0 saturated carbocycles. The van der Waals surface area contributed by atoms with E-state index in [1.807, 2.05) is 54.9 Å². The van der Waals surface area contributed by atoms with Gasteiger partial charge in [0.25, 0.3) is 11.8 Å². The minimum Gasteiger partial charge on any atom is -0.390 e. The summed E-state index contributed by atoms with van der Waals surface area (Å²) in [7, 11) is 1.70. The SMILES string of the molecule is Cc1csc(CN(C)C(=O)c2cc(C(=O)N[C@@H](Cc3ccccc3)[C@H](O)CNCc3cncc(C(C)C)c3)cc(-c3ccccc3C#N)c2)n1. The molecule has 0 saturated heterocycles. The van der Waals surface area contributed by atoms with Gasteiger partial charge in [-0.3, -0.25) is 14.6 Å². The second-order valence-electron chi connectivity index (χ2n) is 12.7. The van der Waals surface area contributed by atoms with Crippen LogP contribution in [0.25, 0.3) is 11.1 Å². The topological polar surface area (TPSA) is 131 Å². The standard InChI is InChI=1S/C40H42N6O3S/c1-26(2)34-14-29(20-42-22-34)21-43-23-37(47)36(15-28-10-6-5-7-11-28)45-39(48)32-16-31(35-13-9-8-12-30(35)19-41)17-33(18-32)40(49)46(4)24-38-44-27(3)25-50-38/h5-14,16-18,20,22,25-26,36-37,43,47H,15,21,23-24H2,1-4H3,(H,45,48)/t36-,37+/m0/s1. The Morgan fingerprint density at radius 3 is 2.44 bits per heavy atom. The first-order chi connectivity index (χ1) is 24.1. The van der Waals surface area contributed by atoms with Crippen LogP contribution in [0.4, 0.5) is 0 Å². The monoisotopic (exact) mass is 686 g/mol. The number of aliphatic hydroxyl groups excluding tert-OH is 1. The Morgan fingerprint density at radius 1 is 0.980 bits per heavy atom. The number of carbonyl (C=O) groups is 2. The Morgan fingerprint density at radius 2 is 1.72 bits per heavy atom. The van der Waals surface area contributed by atoms with E-state index < -0.39 is 18.1 Å². The summed E-state index contributed by atoms with van der Waals surface area (Å²) in [6.45, 7) is 7.19. The fourth-order valence-electron chi connectivity index (χ4n) is 5.67. The maximum Gasteiger partial charge on any atom is 0.254 e. The van der Waals surface area contributed by atoms with Crippen molar-refractivity contribution in [2.75, 3.05) is 13.6 Å². The van der Waals surface area contributed by atoms with Crippen molar-refractivity contribution < 1.29 is 14.7 Å². The number of carbonyl (C=O) groups excluding carboxylic acids is 2. The maximum atomic E-state index is 14.1. The third-order valence-electron chi connectivity index (χ3n) is 8.43. The number of aryl methyl sites for hydroxylation is 1. The highest BCUT2D eigenvalue weighted by Crippen LogP contribution is 2.27. The minimum absolute atomic E-state index is 0.226. The molecule has 0 radical (unpaired) electrons. The third kappa shape index (κ3) is 9.48. The summed E-state index contributed by atoms with van der Waals surface area (Å²) in [6, 6.07) is 25.4. The Labute approximate surface area is 297 Å². The summed E-state index contributed by atoms with van der Waals surface area (Å²) in [6.07, 6.45) is 3.12. The quantitative estimate of drug-likeness (QED) is 0.126. The highest BCUT2D eigenvalue weighted by Gasteiger charge is 2.24. The smallest absolute Gasteiger partial charge is 0.254 e. The van der Waals surface area contributed by atoms with Crippen molar-refractivity contribution in [2.24, 2.45) is 0 Å². The molecule has 5 aromatic rings. The number of thiazole rings is 1. The number of rotatable bonds is 14. The number of nitrogens with one attached hydrogen (secondary N) is 2. The lowest BCUT2D eigenvalue weighted by atomic mass is 9.95. The number of nitrogens with zero attached hydrogens (tertiary/aromatic N) is 4. The Bertz CT molecular complexity index is 1970. The van der Waals surface area contributed by atoms with Crippen LogP contribution in [-0.4, -0.2) is 57.5 Å².